The van der Waals surface area contributed by atoms with Crippen LogP contribution in [-0.4, -0.2) is 61.2 Å². The van der Waals surface area contributed by atoms with E-state index in [1.807, 2.05) is 4.90 Å². The number of nitrogens with one attached hydrogen (secondary N) is 3. The number of nitro groups is 1. The number of thiocarbonyl (C=S) groups is 1. The molecule has 2 aromatic rings. The molecule has 0 aromatic heterocycles. The predicted molar refractivity (Wildman–Crippen MR) is 147 cm³/mol. The lowest BCUT2D eigenvalue weighted by molar-refractivity contribution is -0.384. The fraction of sp³-hybridized carbons (Fsp3) is 0.300. The number of nitrogens with two attached hydrogens (primary N) is 1. The zero-order valence-corrected chi connectivity index (χ0v) is 23.2. The SMILES string of the molecule is NS(=O)(=O)c1ccc(NC(=S)NCCNC(=O)c2cc([N+](=O)[O-])ccc2N(CCBr)CCBr)cc1. The van der Waals surface area contributed by atoms with Crippen molar-refractivity contribution in [3.63, 3.8) is 0 Å². The number of anilines is 2. The maximum absolute atomic E-state index is 12.9. The van der Waals surface area contributed by atoms with E-state index >= 15 is 0 Å². The number of nitrogens with zero attached hydrogens (tertiary/aromatic N) is 2. The van der Waals surface area contributed by atoms with Crippen molar-refractivity contribution in [2.45, 2.75) is 4.90 Å². The second-order valence-electron chi connectivity index (χ2n) is 7.03. The van der Waals surface area contributed by atoms with Crippen molar-refractivity contribution >= 4 is 82.2 Å². The van der Waals surface area contributed by atoms with E-state index < -0.39 is 20.9 Å². The number of nitro benzene ring substituents is 1. The van der Waals surface area contributed by atoms with E-state index in [0.717, 1.165) is 0 Å². The molecule has 0 atom stereocenters. The highest BCUT2D eigenvalue weighted by molar-refractivity contribution is 9.09. The third-order valence-electron chi connectivity index (χ3n) is 4.62. The summed E-state index contributed by atoms with van der Waals surface area (Å²) in [5.41, 5.74) is 1.18. The molecule has 0 unspecified atom stereocenters. The highest BCUT2D eigenvalue weighted by Gasteiger charge is 2.20. The summed E-state index contributed by atoms with van der Waals surface area (Å²) in [7, 11) is -3.78. The molecule has 11 nitrogen and oxygen atoms in total. The first kappa shape index (κ1) is 28.9. The molecule has 1 amide bonds. The van der Waals surface area contributed by atoms with Crippen molar-refractivity contribution in [3.05, 3.63) is 58.1 Å². The molecule has 190 valence electrons. The molecule has 0 aliphatic rings. The third-order valence-corrected chi connectivity index (χ3v) is 6.51. The van der Waals surface area contributed by atoms with Gasteiger partial charge in [0.05, 0.1) is 21.1 Å². The van der Waals surface area contributed by atoms with E-state index in [2.05, 4.69) is 47.8 Å². The first-order valence-corrected chi connectivity index (χ1v) is 14.4. The van der Waals surface area contributed by atoms with Crippen LogP contribution >= 0.6 is 44.1 Å². The molecule has 0 bridgehead atoms. The molecule has 2 aromatic carbocycles. The Kier molecular flexibility index (Phi) is 11.3. The summed E-state index contributed by atoms with van der Waals surface area (Å²) in [6.07, 6.45) is 0. The van der Waals surface area contributed by atoms with Crippen molar-refractivity contribution in [2.75, 3.05) is 47.1 Å². The number of halogens is 2. The van der Waals surface area contributed by atoms with Gasteiger partial charge in [0.25, 0.3) is 11.6 Å². The summed E-state index contributed by atoms with van der Waals surface area (Å²) in [4.78, 5) is 25.5. The zero-order chi connectivity index (χ0) is 26.0. The topological polar surface area (TPSA) is 160 Å². The van der Waals surface area contributed by atoms with Crippen LogP contribution in [0.1, 0.15) is 10.4 Å². The Morgan fingerprint density at radius 1 is 1.06 bits per heavy atom. The van der Waals surface area contributed by atoms with Gasteiger partial charge in [0.1, 0.15) is 0 Å². The molecule has 15 heteroatoms. The summed E-state index contributed by atoms with van der Waals surface area (Å²) in [5, 5.41) is 26.5. The standard InChI is InChI=1S/C20H24Br2N6O5S2/c21-7-11-27(12-8-22)18-6-3-15(28(30)31)13-17(18)19(29)24-9-10-25-20(34)26-14-1-4-16(5-2-14)35(23,32)33/h1-6,13H,7-12H2,(H,24,29)(H2,23,32,33)(H2,25,26,34). The van der Waals surface area contributed by atoms with Crippen LogP contribution in [0.2, 0.25) is 0 Å². The lowest BCUT2D eigenvalue weighted by atomic mass is 10.1. The Bertz CT molecular complexity index is 1160. The number of rotatable bonds is 12. The highest BCUT2D eigenvalue weighted by Crippen LogP contribution is 2.26. The first-order valence-electron chi connectivity index (χ1n) is 10.2. The summed E-state index contributed by atoms with van der Waals surface area (Å²) >= 11 is 12.0. The van der Waals surface area contributed by atoms with Gasteiger partial charge in [0.15, 0.2) is 5.11 Å². The Labute approximate surface area is 225 Å². The number of hydrogen-bond acceptors (Lipinski definition) is 7. The maximum atomic E-state index is 12.9. The van der Waals surface area contributed by atoms with Crippen molar-refractivity contribution in [1.82, 2.24) is 10.6 Å². The monoisotopic (exact) mass is 650 g/mol. The number of amides is 1. The van der Waals surface area contributed by atoms with Gasteiger partial charge < -0.3 is 20.9 Å². The van der Waals surface area contributed by atoms with E-state index in [9.17, 15) is 23.3 Å². The van der Waals surface area contributed by atoms with Crippen LogP contribution in [0, 0.1) is 10.1 Å². The van der Waals surface area contributed by atoms with Crippen molar-refractivity contribution < 1.29 is 18.1 Å². The Morgan fingerprint density at radius 3 is 2.20 bits per heavy atom. The van der Waals surface area contributed by atoms with Gasteiger partial charge in [-0.05, 0) is 42.5 Å². The second kappa shape index (κ2) is 13.7. The number of hydrogen-bond donors (Lipinski definition) is 4. The van der Waals surface area contributed by atoms with E-state index in [4.69, 9.17) is 17.4 Å². The van der Waals surface area contributed by atoms with Gasteiger partial charge in [-0.15, -0.1) is 0 Å². The Hall–Kier alpha value is -2.33. The molecule has 0 fully saturated rings. The fourth-order valence-corrected chi connectivity index (χ4v) is 4.59. The molecule has 2 rings (SSSR count). The van der Waals surface area contributed by atoms with Crippen LogP contribution in [0.25, 0.3) is 0 Å². The number of non-ortho nitro benzene ring substituents is 1. The molecule has 0 heterocycles. The van der Waals surface area contributed by atoms with Gasteiger partial charge in [0, 0.05) is 54.7 Å². The number of primary sulfonamides is 1. The summed E-state index contributed by atoms with van der Waals surface area (Å²) in [6, 6.07) is 9.97. The van der Waals surface area contributed by atoms with E-state index in [1.165, 1.54) is 36.4 Å². The Balaban J connectivity index is 1.98. The number of carbonyl (C=O) groups is 1. The van der Waals surface area contributed by atoms with Crippen molar-refractivity contribution in [3.8, 4) is 0 Å². The Morgan fingerprint density at radius 2 is 1.66 bits per heavy atom. The normalized spacial score (nSPS) is 10.9. The minimum atomic E-state index is -3.78. The maximum Gasteiger partial charge on any atom is 0.270 e. The highest BCUT2D eigenvalue weighted by atomic mass is 79.9. The lowest BCUT2D eigenvalue weighted by Crippen LogP contribution is -2.37. The molecular formula is C20H24Br2N6O5S2. The number of carbonyl (C=O) groups excluding carboxylic acids is 1. The van der Waals surface area contributed by atoms with Crippen molar-refractivity contribution in [2.24, 2.45) is 5.14 Å². The lowest BCUT2D eigenvalue weighted by Gasteiger charge is -2.25. The predicted octanol–water partition coefficient (Wildman–Crippen LogP) is 2.55. The molecular weight excluding hydrogens is 628 g/mol. The minimum Gasteiger partial charge on any atom is -0.369 e. The van der Waals surface area contributed by atoms with Crippen LogP contribution in [0.15, 0.2) is 47.4 Å². The molecule has 5 N–H and O–H groups in total. The first-order chi connectivity index (χ1) is 16.6. The van der Waals surface area contributed by atoms with Crippen LogP contribution in [0.3, 0.4) is 0 Å². The van der Waals surface area contributed by atoms with Crippen LogP contribution in [-0.2, 0) is 10.0 Å². The van der Waals surface area contributed by atoms with Gasteiger partial charge in [-0.3, -0.25) is 14.9 Å². The number of alkyl halides is 2. The van der Waals surface area contributed by atoms with E-state index in [0.29, 0.717) is 35.1 Å². The minimum absolute atomic E-state index is 0.0176. The zero-order valence-electron chi connectivity index (χ0n) is 18.4. The molecule has 0 saturated carbocycles. The third kappa shape index (κ3) is 9.00. The van der Waals surface area contributed by atoms with Gasteiger partial charge in [-0.2, -0.15) is 0 Å². The fourth-order valence-electron chi connectivity index (χ4n) is 3.00. The van der Waals surface area contributed by atoms with Gasteiger partial charge in [0.2, 0.25) is 10.0 Å². The quantitative estimate of drug-likeness (QED) is 0.0889. The van der Waals surface area contributed by atoms with Gasteiger partial charge in [-0.25, -0.2) is 13.6 Å². The van der Waals surface area contributed by atoms with E-state index in [-0.39, 0.29) is 34.3 Å². The average molecular weight is 652 g/mol. The molecule has 0 aliphatic carbocycles. The number of benzene rings is 2. The molecule has 0 radical (unpaired) electrons. The summed E-state index contributed by atoms with van der Waals surface area (Å²) in [6.45, 7) is 1.71. The van der Waals surface area contributed by atoms with Crippen LogP contribution < -0.4 is 26.0 Å². The molecule has 0 saturated heterocycles. The second-order valence-corrected chi connectivity index (χ2v) is 10.6. The van der Waals surface area contributed by atoms with Crippen molar-refractivity contribution in [1.29, 1.82) is 0 Å². The van der Waals surface area contributed by atoms with Gasteiger partial charge >= 0.3 is 0 Å². The largest absolute Gasteiger partial charge is 0.369 e. The smallest absolute Gasteiger partial charge is 0.270 e. The van der Waals surface area contributed by atoms with Crippen LogP contribution in [0.5, 0.6) is 0 Å². The molecule has 0 spiro atoms. The molecule has 35 heavy (non-hydrogen) atoms. The number of sulfonamides is 1. The molecule has 0 aliphatic heterocycles. The van der Waals surface area contributed by atoms with Gasteiger partial charge in [-0.1, -0.05) is 31.9 Å². The summed E-state index contributed by atoms with van der Waals surface area (Å²) < 4.78 is 22.6. The summed E-state index contributed by atoms with van der Waals surface area (Å²) in [5.74, 6) is -0.447. The van der Waals surface area contributed by atoms with E-state index in [1.54, 1.807) is 6.07 Å². The van der Waals surface area contributed by atoms with Crippen LogP contribution in [0.4, 0.5) is 17.1 Å². The average Bonchev–Trinajstić information content (AvgIpc) is 2.81.